The molecule has 3 rings (SSSR count). The van der Waals surface area contributed by atoms with E-state index in [2.05, 4.69) is 11.6 Å². The van der Waals surface area contributed by atoms with Crippen LogP contribution in [-0.4, -0.2) is 26.7 Å². The Morgan fingerprint density at radius 3 is 2.75 bits per heavy atom. The number of fused-ring (bicyclic) bond motifs is 1. The van der Waals surface area contributed by atoms with Gasteiger partial charge in [-0.3, -0.25) is 19.5 Å². The largest absolute Gasteiger partial charge is 0.351 e. The van der Waals surface area contributed by atoms with Crippen molar-refractivity contribution in [2.75, 3.05) is 0 Å². The SMILES string of the molecule is C=CCn1c(S[C@H](C)C(=O)NC(N)=O)nc2sc(-c3ccccc3)cc2c1=O. The normalized spacial score (nSPS) is 11.9. The van der Waals surface area contributed by atoms with E-state index < -0.39 is 17.2 Å². The number of allylic oxidation sites excluding steroid dienone is 1. The summed E-state index contributed by atoms with van der Waals surface area (Å²) >= 11 is 2.50. The van der Waals surface area contributed by atoms with Crippen LogP contribution in [0.15, 0.2) is 59.0 Å². The summed E-state index contributed by atoms with van der Waals surface area (Å²) in [5.74, 6) is -0.548. The van der Waals surface area contributed by atoms with Gasteiger partial charge in [0.2, 0.25) is 5.91 Å². The summed E-state index contributed by atoms with van der Waals surface area (Å²) in [6, 6.07) is 10.7. The molecule has 3 N–H and O–H groups in total. The Kier molecular flexibility index (Phi) is 5.96. The molecule has 0 bridgehead atoms. The maximum Gasteiger partial charge on any atom is 0.318 e. The van der Waals surface area contributed by atoms with Crippen LogP contribution < -0.4 is 16.6 Å². The Hall–Kier alpha value is -2.91. The highest BCUT2D eigenvalue weighted by atomic mass is 32.2. The molecule has 3 aromatic rings. The summed E-state index contributed by atoms with van der Waals surface area (Å²) < 4.78 is 1.47. The molecule has 3 amide bonds. The second-order valence-electron chi connectivity index (χ2n) is 5.91. The van der Waals surface area contributed by atoms with Crippen molar-refractivity contribution in [1.29, 1.82) is 0 Å². The average Bonchev–Trinajstić information content (AvgIpc) is 3.09. The zero-order valence-corrected chi connectivity index (χ0v) is 16.7. The summed E-state index contributed by atoms with van der Waals surface area (Å²) in [5.41, 5.74) is 5.80. The minimum absolute atomic E-state index is 0.201. The van der Waals surface area contributed by atoms with E-state index in [1.807, 2.05) is 41.7 Å². The van der Waals surface area contributed by atoms with Gasteiger partial charge in [0.05, 0.1) is 10.6 Å². The molecule has 7 nitrogen and oxygen atoms in total. The lowest BCUT2D eigenvalue weighted by Crippen LogP contribution is -2.39. The molecule has 0 saturated heterocycles. The van der Waals surface area contributed by atoms with Crippen LogP contribution in [0.3, 0.4) is 0 Å². The average molecular weight is 415 g/mol. The fraction of sp³-hybridized carbons (Fsp3) is 0.158. The Bertz CT molecular complexity index is 1110. The van der Waals surface area contributed by atoms with Crippen LogP contribution in [0.1, 0.15) is 6.92 Å². The zero-order chi connectivity index (χ0) is 20.3. The van der Waals surface area contributed by atoms with E-state index in [1.165, 1.54) is 15.9 Å². The number of thiophene rings is 1. The Morgan fingerprint density at radius 1 is 1.39 bits per heavy atom. The number of benzene rings is 1. The van der Waals surface area contributed by atoms with Crippen molar-refractivity contribution in [3.8, 4) is 10.4 Å². The van der Waals surface area contributed by atoms with E-state index in [9.17, 15) is 14.4 Å². The Labute approximate surface area is 169 Å². The number of nitrogens with zero attached hydrogens (tertiary/aromatic N) is 2. The molecule has 28 heavy (non-hydrogen) atoms. The van der Waals surface area contributed by atoms with E-state index >= 15 is 0 Å². The van der Waals surface area contributed by atoms with E-state index in [0.29, 0.717) is 15.4 Å². The predicted octanol–water partition coefficient (Wildman–Crippen LogP) is 2.99. The second kappa shape index (κ2) is 8.41. The number of carbonyl (C=O) groups excluding carboxylic acids is 2. The lowest BCUT2D eigenvalue weighted by Gasteiger charge is -2.13. The van der Waals surface area contributed by atoms with Crippen molar-refractivity contribution in [2.24, 2.45) is 5.73 Å². The number of rotatable bonds is 6. The molecule has 0 aliphatic rings. The molecule has 1 atom stereocenters. The maximum atomic E-state index is 13.0. The van der Waals surface area contributed by atoms with Crippen molar-refractivity contribution in [3.05, 3.63) is 59.4 Å². The molecule has 9 heteroatoms. The summed E-state index contributed by atoms with van der Waals surface area (Å²) in [5, 5.41) is 2.27. The molecule has 0 aliphatic carbocycles. The number of urea groups is 1. The monoisotopic (exact) mass is 414 g/mol. The zero-order valence-electron chi connectivity index (χ0n) is 15.0. The number of amides is 3. The van der Waals surface area contributed by atoms with Crippen LogP contribution >= 0.6 is 23.1 Å². The van der Waals surface area contributed by atoms with Crippen molar-refractivity contribution >= 4 is 45.3 Å². The van der Waals surface area contributed by atoms with Crippen molar-refractivity contribution < 1.29 is 9.59 Å². The van der Waals surface area contributed by atoms with E-state index in [4.69, 9.17) is 5.73 Å². The van der Waals surface area contributed by atoms with Crippen molar-refractivity contribution in [2.45, 2.75) is 23.9 Å². The highest BCUT2D eigenvalue weighted by molar-refractivity contribution is 8.00. The highest BCUT2D eigenvalue weighted by Crippen LogP contribution is 2.32. The number of imide groups is 1. The number of hydrogen-bond acceptors (Lipinski definition) is 6. The van der Waals surface area contributed by atoms with Gasteiger partial charge in [-0.05, 0) is 18.6 Å². The molecule has 2 heterocycles. The van der Waals surface area contributed by atoms with Crippen LogP contribution in [0, 0.1) is 0 Å². The summed E-state index contributed by atoms with van der Waals surface area (Å²) in [6.45, 7) is 5.56. The first-order chi connectivity index (χ1) is 13.4. The van der Waals surface area contributed by atoms with Gasteiger partial charge in [0.15, 0.2) is 5.16 Å². The molecule has 0 saturated carbocycles. The summed E-state index contributed by atoms with van der Waals surface area (Å²) in [7, 11) is 0. The summed E-state index contributed by atoms with van der Waals surface area (Å²) in [4.78, 5) is 42.0. The first-order valence-corrected chi connectivity index (χ1v) is 10.1. The quantitative estimate of drug-likeness (QED) is 0.366. The fourth-order valence-electron chi connectivity index (χ4n) is 2.56. The lowest BCUT2D eigenvalue weighted by atomic mass is 10.2. The molecule has 0 spiro atoms. The second-order valence-corrected chi connectivity index (χ2v) is 8.25. The van der Waals surface area contributed by atoms with Gasteiger partial charge < -0.3 is 5.73 Å². The standard InChI is InChI=1S/C19H18N4O3S2/c1-3-9-23-17(25)13-10-14(12-7-5-4-6-8-12)28-16(13)22-19(23)27-11(2)15(24)21-18(20)26/h3-8,10-11H,1,9H2,2H3,(H3,20,21,24,26)/t11-/m1/s1. The molecule has 0 fully saturated rings. The van der Waals surface area contributed by atoms with Gasteiger partial charge >= 0.3 is 6.03 Å². The lowest BCUT2D eigenvalue weighted by molar-refractivity contribution is -0.119. The smallest absolute Gasteiger partial charge is 0.318 e. The first-order valence-electron chi connectivity index (χ1n) is 8.38. The molecule has 1 aromatic carbocycles. The minimum atomic E-state index is -0.921. The molecule has 0 aliphatic heterocycles. The molecule has 144 valence electrons. The molecular formula is C19H18N4O3S2. The number of thioether (sulfide) groups is 1. The van der Waals surface area contributed by atoms with Gasteiger partial charge in [-0.1, -0.05) is 48.2 Å². The van der Waals surface area contributed by atoms with E-state index in [1.54, 1.807) is 13.0 Å². The number of nitrogens with one attached hydrogen (secondary N) is 1. The van der Waals surface area contributed by atoms with Gasteiger partial charge in [-0.2, -0.15) is 0 Å². The predicted molar refractivity (Wildman–Crippen MR) is 113 cm³/mol. The van der Waals surface area contributed by atoms with Crippen LogP contribution in [-0.2, 0) is 11.3 Å². The first kappa shape index (κ1) is 19.8. The van der Waals surface area contributed by atoms with Gasteiger partial charge in [-0.25, -0.2) is 9.78 Å². The van der Waals surface area contributed by atoms with E-state index in [0.717, 1.165) is 22.2 Å². The van der Waals surface area contributed by atoms with Crippen LogP contribution in [0.2, 0.25) is 0 Å². The third-order valence-electron chi connectivity index (χ3n) is 3.88. The van der Waals surface area contributed by atoms with Crippen LogP contribution in [0.4, 0.5) is 4.79 Å². The number of aromatic nitrogens is 2. The third kappa shape index (κ3) is 4.15. The number of carbonyl (C=O) groups is 2. The van der Waals surface area contributed by atoms with Crippen LogP contribution in [0.25, 0.3) is 20.7 Å². The minimum Gasteiger partial charge on any atom is -0.351 e. The van der Waals surface area contributed by atoms with Crippen molar-refractivity contribution in [3.63, 3.8) is 0 Å². The van der Waals surface area contributed by atoms with Gasteiger partial charge in [0.25, 0.3) is 5.56 Å². The molecule has 0 unspecified atom stereocenters. The third-order valence-corrected chi connectivity index (χ3v) is 6.05. The van der Waals surface area contributed by atoms with Gasteiger partial charge in [0, 0.05) is 11.4 Å². The number of hydrogen-bond donors (Lipinski definition) is 2. The summed E-state index contributed by atoms with van der Waals surface area (Å²) in [6.07, 6.45) is 1.59. The Balaban J connectivity index is 2.05. The fourth-order valence-corrected chi connectivity index (χ4v) is 4.55. The highest BCUT2D eigenvalue weighted by Gasteiger charge is 2.21. The number of primary amides is 1. The molecule has 0 radical (unpaired) electrons. The maximum absolute atomic E-state index is 13.0. The van der Waals surface area contributed by atoms with Gasteiger partial charge in [-0.15, -0.1) is 17.9 Å². The molecule has 2 aromatic heterocycles. The Morgan fingerprint density at radius 2 is 2.11 bits per heavy atom. The topological polar surface area (TPSA) is 107 Å². The van der Waals surface area contributed by atoms with Gasteiger partial charge in [0.1, 0.15) is 4.83 Å². The molecular weight excluding hydrogens is 396 g/mol. The van der Waals surface area contributed by atoms with Crippen molar-refractivity contribution in [1.82, 2.24) is 14.9 Å². The van der Waals surface area contributed by atoms with E-state index in [-0.39, 0.29) is 12.1 Å². The van der Waals surface area contributed by atoms with Crippen LogP contribution in [0.5, 0.6) is 0 Å². The number of nitrogens with two attached hydrogens (primary N) is 1.